The Balaban J connectivity index is 2.97. The van der Waals surface area contributed by atoms with E-state index in [2.05, 4.69) is 11.8 Å². The first kappa shape index (κ1) is 13.0. The molecule has 1 rings (SSSR count). The van der Waals surface area contributed by atoms with Gasteiger partial charge in [-0.1, -0.05) is 11.8 Å². The van der Waals surface area contributed by atoms with Gasteiger partial charge >= 0.3 is 0 Å². The molecule has 1 aromatic carbocycles. The molecule has 0 saturated carbocycles. The first-order valence-corrected chi connectivity index (χ1v) is 5.03. The second-order valence-corrected chi connectivity index (χ2v) is 3.26. The molecule has 0 amide bonds. The summed E-state index contributed by atoms with van der Waals surface area (Å²) in [6.45, 7) is 0.169. The quantitative estimate of drug-likeness (QED) is 0.591. The van der Waals surface area contributed by atoms with Gasteiger partial charge in [-0.05, 0) is 29.8 Å². The van der Waals surface area contributed by atoms with Crippen LogP contribution >= 0.6 is 11.6 Å². The largest absolute Gasteiger partial charge is 0.481 e. The molecule has 0 aliphatic carbocycles. The van der Waals surface area contributed by atoms with Crippen LogP contribution in [-0.2, 0) is 0 Å². The van der Waals surface area contributed by atoms with Crippen molar-refractivity contribution in [2.45, 2.75) is 0 Å². The molecule has 0 saturated heterocycles. The average molecular weight is 249 g/mol. The highest BCUT2D eigenvalue weighted by Gasteiger charge is 2.11. The molecule has 0 aromatic heterocycles. The standard InChI is InChI=1S/C13H9ClO3/c1-3-7-16-10-5-6-12(17-8-4-2)11(9-10)13(14)15/h1-2,5-6,9H,7-8H2. The lowest BCUT2D eigenvalue weighted by molar-refractivity contribution is 0.107. The average Bonchev–Trinajstić information content (AvgIpc) is 2.34. The lowest BCUT2D eigenvalue weighted by Crippen LogP contribution is -2.01. The van der Waals surface area contributed by atoms with Crippen LogP contribution in [0.15, 0.2) is 18.2 Å². The first-order chi connectivity index (χ1) is 8.19. The molecule has 0 N–H and O–H groups in total. The third-order valence-electron chi connectivity index (χ3n) is 1.80. The van der Waals surface area contributed by atoms with Gasteiger partial charge in [0.1, 0.15) is 24.7 Å². The SMILES string of the molecule is C#CCOc1ccc(OCC#C)c(C(=O)Cl)c1. The number of hydrogen-bond donors (Lipinski definition) is 0. The molecule has 0 aliphatic rings. The smallest absolute Gasteiger partial charge is 0.256 e. The van der Waals surface area contributed by atoms with E-state index in [0.717, 1.165) is 0 Å². The molecule has 1 aromatic rings. The molecular formula is C13H9ClO3. The second kappa shape index (κ2) is 6.48. The lowest BCUT2D eigenvalue weighted by Gasteiger charge is -2.09. The number of halogens is 1. The number of benzene rings is 1. The zero-order valence-electron chi connectivity index (χ0n) is 8.90. The molecule has 0 bridgehead atoms. The van der Waals surface area contributed by atoms with Crippen LogP contribution in [0.2, 0.25) is 0 Å². The van der Waals surface area contributed by atoms with Crippen LogP contribution in [0.25, 0.3) is 0 Å². The Labute approximate surface area is 105 Å². The summed E-state index contributed by atoms with van der Waals surface area (Å²) in [4.78, 5) is 11.2. The molecule has 3 nitrogen and oxygen atoms in total. The predicted molar refractivity (Wildman–Crippen MR) is 65.3 cm³/mol. The third-order valence-corrected chi connectivity index (χ3v) is 2.00. The maximum atomic E-state index is 11.2. The Kier molecular flexibility index (Phi) is 4.94. The Morgan fingerprint density at radius 1 is 1.24 bits per heavy atom. The monoisotopic (exact) mass is 248 g/mol. The van der Waals surface area contributed by atoms with Gasteiger partial charge in [-0.15, -0.1) is 12.8 Å². The number of hydrogen-bond acceptors (Lipinski definition) is 3. The summed E-state index contributed by atoms with van der Waals surface area (Å²) in [7, 11) is 0. The Hall–Kier alpha value is -2.10. The van der Waals surface area contributed by atoms with Crippen molar-refractivity contribution in [1.29, 1.82) is 0 Å². The van der Waals surface area contributed by atoms with E-state index >= 15 is 0 Å². The summed E-state index contributed by atoms with van der Waals surface area (Å²) < 4.78 is 10.3. The molecule has 4 heteroatoms. The maximum Gasteiger partial charge on any atom is 0.256 e. The van der Waals surface area contributed by atoms with Gasteiger partial charge in [-0.25, -0.2) is 0 Å². The summed E-state index contributed by atoms with van der Waals surface area (Å²) in [5.74, 6) is 5.37. The summed E-state index contributed by atoms with van der Waals surface area (Å²) in [6, 6.07) is 4.63. The summed E-state index contributed by atoms with van der Waals surface area (Å²) in [6.07, 6.45) is 10.1. The minimum atomic E-state index is -0.650. The van der Waals surface area contributed by atoms with Gasteiger partial charge in [0.2, 0.25) is 0 Å². The van der Waals surface area contributed by atoms with E-state index in [4.69, 9.17) is 33.9 Å². The number of ether oxygens (including phenoxy) is 2. The van der Waals surface area contributed by atoms with Crippen LogP contribution in [0, 0.1) is 24.7 Å². The van der Waals surface area contributed by atoms with Crippen molar-refractivity contribution in [3.63, 3.8) is 0 Å². The fraction of sp³-hybridized carbons (Fsp3) is 0.154. The molecule has 17 heavy (non-hydrogen) atoms. The third kappa shape index (κ3) is 3.75. The van der Waals surface area contributed by atoms with Gasteiger partial charge in [0.05, 0.1) is 5.56 Å². The van der Waals surface area contributed by atoms with Crippen LogP contribution < -0.4 is 9.47 Å². The molecule has 86 valence electrons. The summed E-state index contributed by atoms with van der Waals surface area (Å²) >= 11 is 5.43. The molecule has 0 unspecified atom stereocenters. The van der Waals surface area contributed by atoms with Crippen molar-refractivity contribution in [2.75, 3.05) is 13.2 Å². The summed E-state index contributed by atoms with van der Waals surface area (Å²) in [5.41, 5.74) is 0.191. The van der Waals surface area contributed by atoms with Crippen molar-refractivity contribution >= 4 is 16.8 Å². The van der Waals surface area contributed by atoms with Crippen molar-refractivity contribution in [2.24, 2.45) is 0 Å². The van der Waals surface area contributed by atoms with Crippen molar-refractivity contribution in [3.05, 3.63) is 23.8 Å². The number of rotatable bonds is 5. The number of carbonyl (C=O) groups is 1. The van der Waals surface area contributed by atoms with E-state index in [0.29, 0.717) is 11.5 Å². The molecule has 0 aliphatic heterocycles. The van der Waals surface area contributed by atoms with Gasteiger partial charge in [0, 0.05) is 0 Å². The fourth-order valence-corrected chi connectivity index (χ4v) is 1.27. The first-order valence-electron chi connectivity index (χ1n) is 4.65. The molecule has 0 atom stereocenters. The summed E-state index contributed by atoms with van der Waals surface area (Å²) in [5, 5.41) is -0.650. The van der Waals surface area contributed by atoms with E-state index in [1.807, 2.05) is 0 Å². The van der Waals surface area contributed by atoms with E-state index in [1.165, 1.54) is 6.07 Å². The van der Waals surface area contributed by atoms with Crippen molar-refractivity contribution in [1.82, 2.24) is 0 Å². The minimum absolute atomic E-state index is 0.0573. The highest BCUT2D eigenvalue weighted by atomic mass is 35.5. The van der Waals surface area contributed by atoms with E-state index in [-0.39, 0.29) is 18.8 Å². The number of carbonyl (C=O) groups excluding carboxylic acids is 1. The minimum Gasteiger partial charge on any atom is -0.481 e. The highest BCUT2D eigenvalue weighted by Crippen LogP contribution is 2.25. The maximum absolute atomic E-state index is 11.2. The van der Waals surface area contributed by atoms with Gasteiger partial charge in [0.15, 0.2) is 0 Å². The van der Waals surface area contributed by atoms with Gasteiger partial charge in [0.25, 0.3) is 5.24 Å². The van der Waals surface area contributed by atoms with Gasteiger partial charge < -0.3 is 9.47 Å². The normalized spacial score (nSPS) is 8.88. The molecule has 0 heterocycles. The van der Waals surface area contributed by atoms with Crippen LogP contribution in [-0.4, -0.2) is 18.5 Å². The van der Waals surface area contributed by atoms with E-state index < -0.39 is 5.24 Å². The Morgan fingerprint density at radius 3 is 2.47 bits per heavy atom. The molecule has 0 radical (unpaired) electrons. The molecule has 0 spiro atoms. The van der Waals surface area contributed by atoms with Gasteiger partial charge in [-0.3, -0.25) is 4.79 Å². The van der Waals surface area contributed by atoms with Crippen LogP contribution in [0.1, 0.15) is 10.4 Å². The topological polar surface area (TPSA) is 35.5 Å². The highest BCUT2D eigenvalue weighted by molar-refractivity contribution is 6.68. The zero-order valence-corrected chi connectivity index (χ0v) is 9.66. The van der Waals surface area contributed by atoms with Crippen LogP contribution in [0.3, 0.4) is 0 Å². The van der Waals surface area contributed by atoms with E-state index in [1.54, 1.807) is 12.1 Å². The number of terminal acetylenes is 2. The fourth-order valence-electron chi connectivity index (χ4n) is 1.12. The van der Waals surface area contributed by atoms with Gasteiger partial charge in [-0.2, -0.15) is 0 Å². The van der Waals surface area contributed by atoms with Crippen LogP contribution in [0.5, 0.6) is 11.5 Å². The molecular weight excluding hydrogens is 240 g/mol. The zero-order chi connectivity index (χ0) is 12.7. The predicted octanol–water partition coefficient (Wildman–Crippen LogP) is 2.09. The lowest BCUT2D eigenvalue weighted by atomic mass is 10.2. The van der Waals surface area contributed by atoms with Crippen molar-refractivity contribution < 1.29 is 14.3 Å². The van der Waals surface area contributed by atoms with E-state index in [9.17, 15) is 4.79 Å². The molecule has 0 fully saturated rings. The Bertz CT molecular complexity index is 494. The second-order valence-electron chi connectivity index (χ2n) is 2.92. The van der Waals surface area contributed by atoms with Crippen molar-refractivity contribution in [3.8, 4) is 36.2 Å². The Morgan fingerprint density at radius 2 is 1.88 bits per heavy atom. The van der Waals surface area contributed by atoms with Crippen LogP contribution in [0.4, 0.5) is 0 Å².